The van der Waals surface area contributed by atoms with Crippen molar-refractivity contribution in [2.24, 2.45) is 5.92 Å². The lowest BCUT2D eigenvalue weighted by Gasteiger charge is -2.24. The van der Waals surface area contributed by atoms with Gasteiger partial charge in [-0.3, -0.25) is 9.88 Å². The van der Waals surface area contributed by atoms with Gasteiger partial charge < -0.3 is 9.47 Å². The zero-order valence-electron chi connectivity index (χ0n) is 14.6. The first kappa shape index (κ1) is 16.7. The van der Waals surface area contributed by atoms with Gasteiger partial charge in [-0.25, -0.2) is 4.98 Å². The highest BCUT2D eigenvalue weighted by Crippen LogP contribution is 2.29. The minimum absolute atomic E-state index is 0.300. The van der Waals surface area contributed by atoms with Crippen LogP contribution in [0.4, 0.5) is 0 Å². The second-order valence-corrected chi connectivity index (χ2v) is 6.37. The molecule has 2 aromatic rings. The van der Waals surface area contributed by atoms with Crippen molar-refractivity contribution in [3.8, 4) is 11.6 Å². The summed E-state index contributed by atoms with van der Waals surface area (Å²) >= 11 is 0. The maximum Gasteiger partial charge on any atom is 0.213 e. The third kappa shape index (κ3) is 3.85. The van der Waals surface area contributed by atoms with Crippen molar-refractivity contribution in [2.45, 2.75) is 25.8 Å². The van der Waals surface area contributed by atoms with Crippen molar-refractivity contribution >= 4 is 0 Å². The Balaban J connectivity index is 1.61. The minimum atomic E-state index is 0.300. The Labute approximate surface area is 143 Å². The number of pyridine rings is 2. The summed E-state index contributed by atoms with van der Waals surface area (Å²) in [5, 5.41) is 0. The molecule has 128 valence electrons. The molecule has 0 bridgehead atoms. The molecule has 0 spiro atoms. The molecule has 3 rings (SSSR count). The van der Waals surface area contributed by atoms with Crippen LogP contribution >= 0.6 is 0 Å². The molecule has 2 aromatic heterocycles. The molecule has 0 aromatic carbocycles. The molecular weight excluding hydrogens is 302 g/mol. The SMILES string of the molecule is COc1cncc(CC2CCN(C(C)c3cccc(OC)n3)C2)c1. The lowest BCUT2D eigenvalue weighted by Crippen LogP contribution is -2.25. The molecule has 1 aliphatic rings. The van der Waals surface area contributed by atoms with Crippen LogP contribution in [0.3, 0.4) is 0 Å². The molecule has 0 saturated carbocycles. The third-order valence-electron chi connectivity index (χ3n) is 4.78. The van der Waals surface area contributed by atoms with Gasteiger partial charge in [0.05, 0.1) is 26.1 Å². The van der Waals surface area contributed by atoms with E-state index in [1.807, 2.05) is 18.3 Å². The summed E-state index contributed by atoms with van der Waals surface area (Å²) in [6.45, 7) is 4.40. The predicted molar refractivity (Wildman–Crippen MR) is 93.4 cm³/mol. The van der Waals surface area contributed by atoms with Gasteiger partial charge >= 0.3 is 0 Å². The van der Waals surface area contributed by atoms with Crippen molar-refractivity contribution in [2.75, 3.05) is 27.3 Å². The van der Waals surface area contributed by atoms with E-state index in [2.05, 4.69) is 33.9 Å². The van der Waals surface area contributed by atoms with E-state index in [-0.39, 0.29) is 0 Å². The van der Waals surface area contributed by atoms with Crippen molar-refractivity contribution in [3.05, 3.63) is 47.9 Å². The Kier molecular flexibility index (Phi) is 5.30. The molecule has 2 atom stereocenters. The monoisotopic (exact) mass is 327 g/mol. The van der Waals surface area contributed by atoms with Gasteiger partial charge in [-0.15, -0.1) is 0 Å². The molecule has 1 saturated heterocycles. The van der Waals surface area contributed by atoms with Crippen LogP contribution in [0, 0.1) is 5.92 Å². The van der Waals surface area contributed by atoms with Gasteiger partial charge in [-0.05, 0) is 49.9 Å². The number of methoxy groups -OCH3 is 2. The Morgan fingerprint density at radius 2 is 2.12 bits per heavy atom. The first-order valence-electron chi connectivity index (χ1n) is 8.42. The number of nitrogens with zero attached hydrogens (tertiary/aromatic N) is 3. The fraction of sp³-hybridized carbons (Fsp3) is 0.474. The summed E-state index contributed by atoms with van der Waals surface area (Å²) in [5.74, 6) is 2.15. The predicted octanol–water partition coefficient (Wildman–Crippen LogP) is 3.12. The van der Waals surface area contributed by atoms with Crippen LogP contribution in [-0.2, 0) is 6.42 Å². The van der Waals surface area contributed by atoms with Crippen LogP contribution in [-0.4, -0.2) is 42.2 Å². The van der Waals surface area contributed by atoms with E-state index in [0.29, 0.717) is 17.8 Å². The lowest BCUT2D eigenvalue weighted by molar-refractivity contribution is 0.246. The van der Waals surface area contributed by atoms with Gasteiger partial charge in [0.1, 0.15) is 5.75 Å². The molecule has 5 nitrogen and oxygen atoms in total. The summed E-state index contributed by atoms with van der Waals surface area (Å²) in [4.78, 5) is 11.3. The van der Waals surface area contributed by atoms with Crippen LogP contribution in [0.15, 0.2) is 36.7 Å². The molecule has 5 heteroatoms. The molecular formula is C19H25N3O2. The summed E-state index contributed by atoms with van der Waals surface area (Å²) in [7, 11) is 3.34. The molecule has 24 heavy (non-hydrogen) atoms. The Morgan fingerprint density at radius 3 is 2.92 bits per heavy atom. The fourth-order valence-corrected chi connectivity index (χ4v) is 3.37. The Bertz CT molecular complexity index is 677. The van der Waals surface area contributed by atoms with E-state index in [9.17, 15) is 0 Å². The summed E-state index contributed by atoms with van der Waals surface area (Å²) < 4.78 is 10.5. The van der Waals surface area contributed by atoms with Crippen LogP contribution in [0.1, 0.15) is 30.6 Å². The third-order valence-corrected chi connectivity index (χ3v) is 4.78. The fourth-order valence-electron chi connectivity index (χ4n) is 3.37. The maximum absolute atomic E-state index is 5.27. The topological polar surface area (TPSA) is 47.5 Å². The second-order valence-electron chi connectivity index (χ2n) is 6.37. The second kappa shape index (κ2) is 7.62. The van der Waals surface area contributed by atoms with Gasteiger partial charge in [0.25, 0.3) is 0 Å². The van der Waals surface area contributed by atoms with Crippen molar-refractivity contribution in [1.29, 1.82) is 0 Å². The van der Waals surface area contributed by atoms with E-state index < -0.39 is 0 Å². The Hall–Kier alpha value is -2.14. The average molecular weight is 327 g/mol. The van der Waals surface area contributed by atoms with Crippen molar-refractivity contribution in [3.63, 3.8) is 0 Å². The standard InChI is InChI=1S/C19H25N3O2/c1-14(18-5-4-6-19(21-18)24-3)22-8-7-15(13-22)9-16-10-17(23-2)12-20-11-16/h4-6,10-12,14-15H,7-9,13H2,1-3H3. The van der Waals surface area contributed by atoms with Crippen LogP contribution in [0.25, 0.3) is 0 Å². The maximum atomic E-state index is 5.27. The quantitative estimate of drug-likeness (QED) is 0.816. The number of likely N-dealkylation sites (tertiary alicyclic amines) is 1. The van der Waals surface area contributed by atoms with Crippen LogP contribution in [0.2, 0.25) is 0 Å². The number of hydrogen-bond acceptors (Lipinski definition) is 5. The van der Waals surface area contributed by atoms with E-state index in [1.54, 1.807) is 20.4 Å². The number of hydrogen-bond donors (Lipinski definition) is 0. The van der Waals surface area contributed by atoms with E-state index in [0.717, 1.165) is 31.0 Å². The molecule has 1 aliphatic heterocycles. The lowest BCUT2D eigenvalue weighted by atomic mass is 10.00. The molecule has 0 N–H and O–H groups in total. The molecule has 0 amide bonds. The summed E-state index contributed by atoms with van der Waals surface area (Å²) in [6, 6.07) is 8.36. The van der Waals surface area contributed by atoms with Crippen molar-refractivity contribution in [1.82, 2.24) is 14.9 Å². The summed E-state index contributed by atoms with van der Waals surface area (Å²) in [6.07, 6.45) is 5.93. The zero-order valence-corrected chi connectivity index (χ0v) is 14.6. The largest absolute Gasteiger partial charge is 0.495 e. The van der Waals surface area contributed by atoms with Gasteiger partial charge in [0, 0.05) is 24.8 Å². The zero-order chi connectivity index (χ0) is 16.9. The highest BCUT2D eigenvalue weighted by Gasteiger charge is 2.27. The molecule has 0 aliphatic carbocycles. The highest BCUT2D eigenvalue weighted by molar-refractivity contribution is 5.24. The van der Waals surface area contributed by atoms with Gasteiger partial charge in [0.15, 0.2) is 0 Å². The first-order valence-corrected chi connectivity index (χ1v) is 8.42. The Morgan fingerprint density at radius 1 is 1.25 bits per heavy atom. The molecule has 0 radical (unpaired) electrons. The molecule has 2 unspecified atom stereocenters. The molecule has 1 fully saturated rings. The number of ether oxygens (including phenoxy) is 2. The smallest absolute Gasteiger partial charge is 0.213 e. The molecule has 3 heterocycles. The van der Waals surface area contributed by atoms with Gasteiger partial charge in [-0.1, -0.05) is 6.07 Å². The van der Waals surface area contributed by atoms with E-state index in [1.165, 1.54) is 12.0 Å². The van der Waals surface area contributed by atoms with Crippen LogP contribution in [0.5, 0.6) is 11.6 Å². The van der Waals surface area contributed by atoms with E-state index >= 15 is 0 Å². The van der Waals surface area contributed by atoms with Crippen molar-refractivity contribution < 1.29 is 9.47 Å². The normalized spacial score (nSPS) is 19.2. The number of rotatable bonds is 6. The van der Waals surface area contributed by atoms with Crippen LogP contribution < -0.4 is 9.47 Å². The minimum Gasteiger partial charge on any atom is -0.495 e. The highest BCUT2D eigenvalue weighted by atomic mass is 16.5. The van der Waals surface area contributed by atoms with E-state index in [4.69, 9.17) is 9.47 Å². The number of aromatic nitrogens is 2. The summed E-state index contributed by atoms with van der Waals surface area (Å²) in [5.41, 5.74) is 2.31. The first-order chi connectivity index (χ1) is 11.7. The van der Waals surface area contributed by atoms with Gasteiger partial charge in [-0.2, -0.15) is 0 Å². The average Bonchev–Trinajstić information content (AvgIpc) is 3.09. The van der Waals surface area contributed by atoms with Gasteiger partial charge in [0.2, 0.25) is 5.88 Å².